The normalized spacial score (nSPS) is 15.4. The van der Waals surface area contributed by atoms with Crippen LogP contribution in [0.15, 0.2) is 51.8 Å². The maximum absolute atomic E-state index is 12.7. The van der Waals surface area contributed by atoms with Crippen LogP contribution in [0.2, 0.25) is 5.02 Å². The van der Waals surface area contributed by atoms with Gasteiger partial charge in [-0.25, -0.2) is 4.79 Å². The maximum atomic E-state index is 12.7. The van der Waals surface area contributed by atoms with Crippen molar-refractivity contribution in [2.24, 2.45) is 0 Å². The predicted octanol–water partition coefficient (Wildman–Crippen LogP) is 4.80. The smallest absolute Gasteiger partial charge is 0.341 e. The molecule has 1 fully saturated rings. The number of carboxylic acid groups (broad SMARTS) is 1. The maximum Gasteiger partial charge on any atom is 0.341 e. The van der Waals surface area contributed by atoms with Gasteiger partial charge >= 0.3 is 5.97 Å². The third-order valence-corrected chi connectivity index (χ3v) is 5.39. The number of aliphatic carboxylic acids is 1. The van der Waals surface area contributed by atoms with E-state index in [0.29, 0.717) is 16.3 Å². The van der Waals surface area contributed by atoms with E-state index in [9.17, 15) is 14.4 Å². The lowest BCUT2D eigenvalue weighted by molar-refractivity contribution is -0.139. The first kappa shape index (κ1) is 20.4. The number of imide groups is 1. The fraction of sp³-hybridized carbons (Fsp3) is 0.105. The number of amides is 2. The fourth-order valence-corrected chi connectivity index (χ4v) is 3.79. The average molecular weight is 483 g/mol. The van der Waals surface area contributed by atoms with Crippen molar-refractivity contribution in [3.8, 4) is 5.75 Å². The fourth-order valence-electron chi connectivity index (χ4n) is 2.45. The third kappa shape index (κ3) is 4.95. The van der Waals surface area contributed by atoms with Crippen LogP contribution in [0.1, 0.15) is 11.1 Å². The van der Waals surface area contributed by atoms with Crippen LogP contribution >= 0.6 is 39.3 Å². The molecule has 3 rings (SSSR count). The summed E-state index contributed by atoms with van der Waals surface area (Å²) in [6, 6.07) is 11.9. The van der Waals surface area contributed by atoms with Crippen LogP contribution < -0.4 is 4.74 Å². The molecule has 2 aromatic carbocycles. The number of benzene rings is 2. The number of carboxylic acids is 1. The second-order valence-corrected chi connectivity index (χ2v) is 8.10. The van der Waals surface area contributed by atoms with Crippen molar-refractivity contribution in [3.63, 3.8) is 0 Å². The van der Waals surface area contributed by atoms with Crippen molar-refractivity contribution in [2.45, 2.75) is 6.54 Å². The van der Waals surface area contributed by atoms with Crippen LogP contribution in [0, 0.1) is 0 Å². The zero-order chi connectivity index (χ0) is 20.3. The zero-order valence-electron chi connectivity index (χ0n) is 14.2. The number of nitrogens with zero attached hydrogens (tertiary/aromatic N) is 1. The molecule has 1 N–H and O–H groups in total. The number of hydrogen-bond donors (Lipinski definition) is 1. The number of halogens is 2. The minimum atomic E-state index is -1.11. The van der Waals surface area contributed by atoms with Crippen molar-refractivity contribution in [1.29, 1.82) is 0 Å². The Morgan fingerprint density at radius 3 is 2.61 bits per heavy atom. The highest BCUT2D eigenvalue weighted by Crippen LogP contribution is 2.35. The van der Waals surface area contributed by atoms with E-state index in [1.807, 2.05) is 0 Å². The summed E-state index contributed by atoms with van der Waals surface area (Å²) in [5, 5.41) is 9.00. The van der Waals surface area contributed by atoms with Gasteiger partial charge in [0.1, 0.15) is 5.75 Å². The van der Waals surface area contributed by atoms with Crippen molar-refractivity contribution in [2.75, 3.05) is 6.61 Å². The standard InChI is InChI=1S/C19H13BrClNO5S/c20-13-3-6-15(27-10-17(23)24)12(7-13)8-16-18(25)22(19(26)28-16)9-11-1-4-14(21)5-2-11/h1-8H,9-10H2,(H,23,24). The quantitative estimate of drug-likeness (QED) is 0.595. The van der Waals surface area contributed by atoms with Crippen molar-refractivity contribution < 1.29 is 24.2 Å². The Kier molecular flexibility index (Phi) is 6.43. The van der Waals surface area contributed by atoms with Gasteiger partial charge in [0.05, 0.1) is 11.4 Å². The summed E-state index contributed by atoms with van der Waals surface area (Å²) in [6.45, 7) is -0.374. The second kappa shape index (κ2) is 8.81. The van der Waals surface area contributed by atoms with Gasteiger partial charge in [0.15, 0.2) is 6.61 Å². The molecule has 0 spiro atoms. The number of ether oxygens (including phenoxy) is 1. The molecule has 0 aromatic heterocycles. The molecule has 9 heteroatoms. The third-order valence-electron chi connectivity index (χ3n) is 3.74. The minimum absolute atomic E-state index is 0.139. The van der Waals surface area contributed by atoms with Crippen LogP contribution in [-0.4, -0.2) is 33.7 Å². The van der Waals surface area contributed by atoms with Crippen LogP contribution in [0.5, 0.6) is 5.75 Å². The van der Waals surface area contributed by atoms with Gasteiger partial charge in [-0.05, 0) is 53.7 Å². The predicted molar refractivity (Wildman–Crippen MR) is 110 cm³/mol. The Labute approximate surface area is 178 Å². The number of thioether (sulfide) groups is 1. The number of hydrogen-bond acceptors (Lipinski definition) is 5. The average Bonchev–Trinajstić information content (AvgIpc) is 2.90. The highest BCUT2D eigenvalue weighted by atomic mass is 79.9. The van der Waals surface area contributed by atoms with Crippen LogP contribution in [0.4, 0.5) is 4.79 Å². The molecule has 0 saturated carbocycles. The molecule has 144 valence electrons. The number of carbonyl (C=O) groups excluding carboxylic acids is 2. The molecular weight excluding hydrogens is 470 g/mol. The highest BCUT2D eigenvalue weighted by molar-refractivity contribution is 9.10. The molecule has 0 atom stereocenters. The topological polar surface area (TPSA) is 83.9 Å². The SMILES string of the molecule is O=C(O)COc1ccc(Br)cc1C=C1SC(=O)N(Cc2ccc(Cl)cc2)C1=O. The molecule has 0 radical (unpaired) electrons. The Morgan fingerprint density at radius 1 is 1.21 bits per heavy atom. The van der Waals surface area contributed by atoms with Gasteiger partial charge in [0.2, 0.25) is 0 Å². The first-order chi connectivity index (χ1) is 13.3. The van der Waals surface area contributed by atoms with Crippen LogP contribution in [0.3, 0.4) is 0 Å². The molecule has 0 bridgehead atoms. The molecule has 28 heavy (non-hydrogen) atoms. The van der Waals surface area contributed by atoms with Crippen LogP contribution in [0.25, 0.3) is 6.08 Å². The molecule has 0 aliphatic carbocycles. The molecule has 1 aliphatic rings. The Morgan fingerprint density at radius 2 is 1.93 bits per heavy atom. The highest BCUT2D eigenvalue weighted by Gasteiger charge is 2.35. The molecule has 2 aromatic rings. The molecule has 1 aliphatic heterocycles. The van der Waals surface area contributed by atoms with Gasteiger partial charge in [-0.3, -0.25) is 14.5 Å². The summed E-state index contributed by atoms with van der Waals surface area (Å²) < 4.78 is 5.99. The summed E-state index contributed by atoms with van der Waals surface area (Å²) >= 11 is 10.0. The number of rotatable bonds is 6. The lowest BCUT2D eigenvalue weighted by atomic mass is 10.1. The van der Waals surface area contributed by atoms with E-state index in [1.165, 1.54) is 6.08 Å². The second-order valence-electron chi connectivity index (χ2n) is 5.76. The van der Waals surface area contributed by atoms with Crippen molar-refractivity contribution >= 4 is 62.5 Å². The summed E-state index contributed by atoms with van der Waals surface area (Å²) in [6.07, 6.45) is 1.52. The van der Waals surface area contributed by atoms with E-state index in [0.717, 1.165) is 26.7 Å². The first-order valence-corrected chi connectivity index (χ1v) is 9.96. The molecule has 2 amide bonds. The van der Waals surface area contributed by atoms with E-state index in [2.05, 4.69) is 15.9 Å². The number of carbonyl (C=O) groups is 3. The van der Waals surface area contributed by atoms with Crippen LogP contribution in [-0.2, 0) is 16.1 Å². The first-order valence-electron chi connectivity index (χ1n) is 7.97. The van der Waals surface area contributed by atoms with Gasteiger partial charge in [0.25, 0.3) is 11.1 Å². The lowest BCUT2D eigenvalue weighted by Crippen LogP contribution is -2.27. The van der Waals surface area contributed by atoms with Gasteiger partial charge < -0.3 is 9.84 Å². The Balaban J connectivity index is 1.84. The van der Waals surface area contributed by atoms with Crippen molar-refractivity contribution in [3.05, 3.63) is 68.0 Å². The molecule has 1 saturated heterocycles. The van der Waals surface area contributed by atoms with E-state index < -0.39 is 18.5 Å². The van der Waals surface area contributed by atoms with E-state index in [1.54, 1.807) is 42.5 Å². The molecule has 6 nitrogen and oxygen atoms in total. The van der Waals surface area contributed by atoms with Gasteiger partial charge in [-0.2, -0.15) is 0 Å². The summed E-state index contributed by atoms with van der Waals surface area (Å²) in [5.74, 6) is -1.23. The van der Waals surface area contributed by atoms with Gasteiger partial charge in [-0.15, -0.1) is 0 Å². The molecule has 1 heterocycles. The Hall–Kier alpha value is -2.29. The van der Waals surface area contributed by atoms with E-state index in [-0.39, 0.29) is 16.7 Å². The summed E-state index contributed by atoms with van der Waals surface area (Å²) in [4.78, 5) is 37.1. The van der Waals surface area contributed by atoms with Crippen molar-refractivity contribution in [1.82, 2.24) is 4.90 Å². The van der Waals surface area contributed by atoms with Gasteiger partial charge in [0, 0.05) is 15.1 Å². The zero-order valence-corrected chi connectivity index (χ0v) is 17.4. The van der Waals surface area contributed by atoms with Gasteiger partial charge in [-0.1, -0.05) is 39.7 Å². The largest absolute Gasteiger partial charge is 0.481 e. The minimum Gasteiger partial charge on any atom is -0.481 e. The lowest BCUT2D eigenvalue weighted by Gasteiger charge is -2.12. The monoisotopic (exact) mass is 481 g/mol. The van der Waals surface area contributed by atoms with E-state index in [4.69, 9.17) is 21.4 Å². The summed E-state index contributed by atoms with van der Waals surface area (Å²) in [5.41, 5.74) is 1.27. The van der Waals surface area contributed by atoms with E-state index >= 15 is 0 Å². The molecular formula is C19H13BrClNO5S. The molecule has 0 unspecified atom stereocenters. The summed E-state index contributed by atoms with van der Waals surface area (Å²) in [7, 11) is 0. The Bertz CT molecular complexity index is 977.